The summed E-state index contributed by atoms with van der Waals surface area (Å²) in [6, 6.07) is 12.4. The fourth-order valence-electron chi connectivity index (χ4n) is 2.45. The molecule has 0 saturated carbocycles. The number of rotatable bonds is 3. The first-order valence-electron chi connectivity index (χ1n) is 5.91. The van der Waals surface area contributed by atoms with Crippen LogP contribution in [0.15, 0.2) is 36.4 Å². The molecule has 0 saturated heterocycles. The van der Waals surface area contributed by atoms with Crippen LogP contribution >= 0.6 is 11.3 Å². The zero-order chi connectivity index (χ0) is 11.8. The zero-order valence-corrected chi connectivity index (χ0v) is 10.6. The van der Waals surface area contributed by atoms with Crippen molar-refractivity contribution in [2.45, 2.75) is 25.7 Å². The minimum atomic E-state index is 0.294. The number of Topliss-reactive ketones (excluding diaryl/α,β-unsaturated/α-hetero) is 1. The van der Waals surface area contributed by atoms with E-state index in [0.717, 1.165) is 11.3 Å². The van der Waals surface area contributed by atoms with Crippen LogP contribution in [0.5, 0.6) is 0 Å². The van der Waals surface area contributed by atoms with Crippen molar-refractivity contribution in [2.24, 2.45) is 0 Å². The SMILES string of the molecule is Cc1ccc(C(=O)CC2Cc3ccccc32)s1. The van der Waals surface area contributed by atoms with Crippen molar-refractivity contribution >= 4 is 17.1 Å². The Labute approximate surface area is 105 Å². The molecule has 0 N–H and O–H groups in total. The van der Waals surface area contributed by atoms with E-state index < -0.39 is 0 Å². The fourth-order valence-corrected chi connectivity index (χ4v) is 3.27. The van der Waals surface area contributed by atoms with E-state index in [1.54, 1.807) is 11.3 Å². The standard InChI is InChI=1S/C15H14OS/c1-10-6-7-15(17-10)14(16)9-12-8-11-4-2-3-5-13(11)12/h2-7,12H,8-9H2,1H3. The van der Waals surface area contributed by atoms with Gasteiger partial charge in [0.25, 0.3) is 0 Å². The van der Waals surface area contributed by atoms with Gasteiger partial charge >= 0.3 is 0 Å². The van der Waals surface area contributed by atoms with Gasteiger partial charge in [0.05, 0.1) is 4.88 Å². The van der Waals surface area contributed by atoms with Crippen LogP contribution in [0.25, 0.3) is 0 Å². The summed E-state index contributed by atoms with van der Waals surface area (Å²) in [7, 11) is 0. The molecular weight excluding hydrogens is 228 g/mol. The average molecular weight is 242 g/mol. The van der Waals surface area contributed by atoms with Crippen molar-refractivity contribution in [3.8, 4) is 0 Å². The van der Waals surface area contributed by atoms with Gasteiger partial charge < -0.3 is 0 Å². The number of ketones is 1. The van der Waals surface area contributed by atoms with Crippen LogP contribution in [0.4, 0.5) is 0 Å². The molecule has 86 valence electrons. The number of carbonyl (C=O) groups is 1. The third-order valence-corrected chi connectivity index (χ3v) is 4.45. The number of hydrogen-bond acceptors (Lipinski definition) is 2. The van der Waals surface area contributed by atoms with Gasteiger partial charge in [0.1, 0.15) is 0 Å². The van der Waals surface area contributed by atoms with E-state index in [1.807, 2.05) is 19.1 Å². The average Bonchev–Trinajstić information content (AvgIpc) is 2.73. The molecule has 0 aliphatic heterocycles. The quantitative estimate of drug-likeness (QED) is 0.744. The maximum atomic E-state index is 12.1. The van der Waals surface area contributed by atoms with Gasteiger partial charge in [-0.05, 0) is 42.5 Å². The maximum Gasteiger partial charge on any atom is 0.173 e. The van der Waals surface area contributed by atoms with Gasteiger partial charge in [-0.2, -0.15) is 0 Å². The molecule has 0 bridgehead atoms. The molecule has 0 amide bonds. The van der Waals surface area contributed by atoms with Crippen LogP contribution in [0, 0.1) is 6.92 Å². The second kappa shape index (κ2) is 4.11. The lowest BCUT2D eigenvalue weighted by Gasteiger charge is -2.29. The third kappa shape index (κ3) is 1.93. The van der Waals surface area contributed by atoms with Crippen molar-refractivity contribution in [2.75, 3.05) is 0 Å². The van der Waals surface area contributed by atoms with Gasteiger partial charge in [-0.15, -0.1) is 11.3 Å². The van der Waals surface area contributed by atoms with Crippen molar-refractivity contribution in [1.82, 2.24) is 0 Å². The lowest BCUT2D eigenvalue weighted by Crippen LogP contribution is -2.19. The van der Waals surface area contributed by atoms with E-state index in [9.17, 15) is 4.79 Å². The number of hydrogen-bond donors (Lipinski definition) is 0. The molecule has 2 heteroatoms. The highest BCUT2D eigenvalue weighted by molar-refractivity contribution is 7.14. The Morgan fingerprint density at radius 3 is 2.82 bits per heavy atom. The lowest BCUT2D eigenvalue weighted by molar-refractivity contribution is 0.0974. The Balaban J connectivity index is 1.72. The summed E-state index contributed by atoms with van der Waals surface area (Å²) in [6.45, 7) is 2.04. The van der Waals surface area contributed by atoms with Crippen molar-refractivity contribution in [3.63, 3.8) is 0 Å². The van der Waals surface area contributed by atoms with Crippen LogP contribution in [0.2, 0.25) is 0 Å². The van der Waals surface area contributed by atoms with Gasteiger partial charge in [-0.3, -0.25) is 4.79 Å². The predicted molar refractivity (Wildman–Crippen MR) is 70.9 cm³/mol. The highest BCUT2D eigenvalue weighted by Crippen LogP contribution is 2.38. The molecule has 1 nitrogen and oxygen atoms in total. The molecule has 17 heavy (non-hydrogen) atoms. The van der Waals surface area contributed by atoms with Gasteiger partial charge in [0.2, 0.25) is 0 Å². The second-order valence-electron chi connectivity index (χ2n) is 4.64. The first kappa shape index (κ1) is 10.7. The first-order chi connectivity index (χ1) is 8.24. The van der Waals surface area contributed by atoms with E-state index in [1.165, 1.54) is 16.0 Å². The molecule has 0 spiro atoms. The molecule has 1 atom stereocenters. The molecule has 1 aromatic heterocycles. The van der Waals surface area contributed by atoms with Crippen LogP contribution in [-0.2, 0) is 6.42 Å². The Kier molecular flexibility index (Phi) is 2.60. The molecule has 1 aliphatic carbocycles. The van der Waals surface area contributed by atoms with Gasteiger partial charge in [-0.25, -0.2) is 0 Å². The smallest absolute Gasteiger partial charge is 0.173 e. The molecular formula is C15H14OS. The third-order valence-electron chi connectivity index (χ3n) is 3.41. The van der Waals surface area contributed by atoms with Crippen LogP contribution in [0.3, 0.4) is 0 Å². The van der Waals surface area contributed by atoms with Gasteiger partial charge in [0.15, 0.2) is 5.78 Å². The minimum absolute atomic E-state index is 0.294. The summed E-state index contributed by atoms with van der Waals surface area (Å²) in [6.07, 6.45) is 1.73. The van der Waals surface area contributed by atoms with Crippen LogP contribution in [0.1, 0.15) is 38.0 Å². The normalized spacial score (nSPS) is 17.4. The maximum absolute atomic E-state index is 12.1. The number of aryl methyl sites for hydroxylation is 1. The van der Waals surface area contributed by atoms with Crippen LogP contribution in [-0.4, -0.2) is 5.78 Å². The summed E-state index contributed by atoms with van der Waals surface area (Å²) < 4.78 is 0. The molecule has 1 unspecified atom stereocenters. The zero-order valence-electron chi connectivity index (χ0n) is 9.77. The predicted octanol–water partition coefficient (Wildman–Crippen LogP) is 3.97. The van der Waals surface area contributed by atoms with E-state index in [0.29, 0.717) is 18.1 Å². The van der Waals surface area contributed by atoms with E-state index in [4.69, 9.17) is 0 Å². The lowest BCUT2D eigenvalue weighted by atomic mass is 9.75. The summed E-state index contributed by atoms with van der Waals surface area (Å²) in [5.41, 5.74) is 2.78. The highest BCUT2D eigenvalue weighted by atomic mass is 32.1. The Bertz CT molecular complexity index is 568. The van der Waals surface area contributed by atoms with Gasteiger partial charge in [0, 0.05) is 11.3 Å². The Hall–Kier alpha value is -1.41. The monoisotopic (exact) mass is 242 g/mol. The topological polar surface area (TPSA) is 17.1 Å². The van der Waals surface area contributed by atoms with Crippen molar-refractivity contribution in [3.05, 3.63) is 57.3 Å². The first-order valence-corrected chi connectivity index (χ1v) is 6.73. The van der Waals surface area contributed by atoms with E-state index >= 15 is 0 Å². The van der Waals surface area contributed by atoms with Crippen molar-refractivity contribution < 1.29 is 4.79 Å². The molecule has 1 aliphatic rings. The summed E-state index contributed by atoms with van der Waals surface area (Å²) >= 11 is 1.60. The summed E-state index contributed by atoms with van der Waals surface area (Å²) in [5, 5.41) is 0. The number of fused-ring (bicyclic) bond motifs is 1. The van der Waals surface area contributed by atoms with Gasteiger partial charge in [-0.1, -0.05) is 24.3 Å². The molecule has 1 heterocycles. The second-order valence-corrected chi connectivity index (χ2v) is 5.93. The molecule has 3 rings (SSSR count). The Morgan fingerprint density at radius 2 is 2.12 bits per heavy atom. The minimum Gasteiger partial charge on any atom is -0.293 e. The number of thiophene rings is 1. The molecule has 0 fully saturated rings. The Morgan fingerprint density at radius 1 is 1.29 bits per heavy atom. The van der Waals surface area contributed by atoms with Crippen molar-refractivity contribution in [1.29, 1.82) is 0 Å². The summed E-state index contributed by atoms with van der Waals surface area (Å²) in [4.78, 5) is 14.2. The number of carbonyl (C=O) groups excluding carboxylic acids is 1. The molecule has 1 aromatic carbocycles. The molecule has 2 aromatic rings. The largest absolute Gasteiger partial charge is 0.293 e. The van der Waals surface area contributed by atoms with Crippen LogP contribution < -0.4 is 0 Å². The summed E-state index contributed by atoms with van der Waals surface area (Å²) in [5.74, 6) is 0.740. The number of benzene rings is 1. The highest BCUT2D eigenvalue weighted by Gasteiger charge is 2.27. The molecule has 0 radical (unpaired) electrons. The fraction of sp³-hybridized carbons (Fsp3) is 0.267. The van der Waals surface area contributed by atoms with E-state index in [2.05, 4.69) is 24.3 Å². The van der Waals surface area contributed by atoms with E-state index in [-0.39, 0.29) is 0 Å².